The SMILES string of the molecule is O=C1CS[C@@H](c2ccc(Cl)c(Cl)c2)N1CCN1C(=O)CS[C@H]1c1ccc(Cl)c(Cl)c1. The lowest BCUT2D eigenvalue weighted by molar-refractivity contribution is -0.132. The molecule has 2 aromatic rings. The first kappa shape index (κ1) is 22.4. The highest BCUT2D eigenvalue weighted by molar-refractivity contribution is 8.00. The third-order valence-corrected chi connectivity index (χ3v) is 8.97. The van der Waals surface area contributed by atoms with Crippen LogP contribution in [0.4, 0.5) is 0 Å². The van der Waals surface area contributed by atoms with Gasteiger partial charge in [0.25, 0.3) is 0 Å². The number of rotatable bonds is 5. The Bertz CT molecular complexity index is 927. The molecule has 2 aliphatic heterocycles. The Morgan fingerprint density at radius 1 is 0.700 bits per heavy atom. The minimum atomic E-state index is -0.152. The van der Waals surface area contributed by atoms with Gasteiger partial charge < -0.3 is 9.80 Å². The van der Waals surface area contributed by atoms with E-state index < -0.39 is 0 Å². The van der Waals surface area contributed by atoms with Crippen LogP contribution in [-0.2, 0) is 9.59 Å². The van der Waals surface area contributed by atoms with E-state index >= 15 is 0 Å². The van der Waals surface area contributed by atoms with Gasteiger partial charge in [-0.1, -0.05) is 58.5 Å². The summed E-state index contributed by atoms with van der Waals surface area (Å²) in [5, 5.41) is 1.57. The van der Waals surface area contributed by atoms with E-state index in [4.69, 9.17) is 46.4 Å². The highest BCUT2D eigenvalue weighted by Gasteiger charge is 2.37. The predicted octanol–water partition coefficient (Wildman–Crippen LogP) is 6.15. The smallest absolute Gasteiger partial charge is 0.233 e. The van der Waals surface area contributed by atoms with Gasteiger partial charge in [-0.25, -0.2) is 0 Å². The highest BCUT2D eigenvalue weighted by atomic mass is 35.5. The molecule has 2 amide bonds. The van der Waals surface area contributed by atoms with Gasteiger partial charge in [-0.15, -0.1) is 23.5 Å². The molecular formula is C20H16Cl4N2O2S2. The molecule has 0 aromatic heterocycles. The van der Waals surface area contributed by atoms with Crippen molar-refractivity contribution in [2.45, 2.75) is 10.7 Å². The number of amides is 2. The second kappa shape index (κ2) is 9.39. The largest absolute Gasteiger partial charge is 0.324 e. The molecule has 10 heteroatoms. The van der Waals surface area contributed by atoms with E-state index in [1.165, 1.54) is 0 Å². The summed E-state index contributed by atoms with van der Waals surface area (Å²) in [7, 11) is 0. The van der Waals surface area contributed by atoms with Crippen molar-refractivity contribution in [2.75, 3.05) is 24.6 Å². The maximum atomic E-state index is 12.5. The Hall–Kier alpha value is -0.760. The zero-order valence-corrected chi connectivity index (χ0v) is 20.1. The average molecular weight is 522 g/mol. The summed E-state index contributed by atoms with van der Waals surface area (Å²) in [4.78, 5) is 28.7. The summed E-state index contributed by atoms with van der Waals surface area (Å²) in [6, 6.07) is 10.8. The van der Waals surface area contributed by atoms with Crippen LogP contribution in [0.1, 0.15) is 21.9 Å². The Morgan fingerprint density at radius 3 is 1.47 bits per heavy atom. The second-order valence-corrected chi connectivity index (χ2v) is 10.6. The number of hydrogen-bond acceptors (Lipinski definition) is 4. The number of halogens is 4. The van der Waals surface area contributed by atoms with Gasteiger partial charge in [0.1, 0.15) is 10.7 Å². The van der Waals surface area contributed by atoms with Gasteiger partial charge >= 0.3 is 0 Å². The quantitative estimate of drug-likeness (QED) is 0.473. The minimum Gasteiger partial charge on any atom is -0.324 e. The number of benzene rings is 2. The van der Waals surface area contributed by atoms with Gasteiger partial charge in [-0.05, 0) is 35.4 Å². The number of carbonyl (C=O) groups excluding carboxylic acids is 2. The Morgan fingerprint density at radius 2 is 1.10 bits per heavy atom. The van der Waals surface area contributed by atoms with Gasteiger partial charge in [0.2, 0.25) is 11.8 Å². The molecular weight excluding hydrogens is 506 g/mol. The lowest BCUT2D eigenvalue weighted by Crippen LogP contribution is -2.39. The fourth-order valence-electron chi connectivity index (χ4n) is 3.49. The van der Waals surface area contributed by atoms with Crippen molar-refractivity contribution in [2.24, 2.45) is 0 Å². The molecule has 0 aliphatic carbocycles. The van der Waals surface area contributed by atoms with Crippen LogP contribution >= 0.6 is 69.9 Å². The van der Waals surface area contributed by atoms with E-state index in [1.54, 1.807) is 57.6 Å². The van der Waals surface area contributed by atoms with Crippen LogP contribution in [0.25, 0.3) is 0 Å². The van der Waals surface area contributed by atoms with E-state index in [9.17, 15) is 9.59 Å². The normalized spacial score (nSPS) is 21.7. The van der Waals surface area contributed by atoms with Crippen LogP contribution in [0.3, 0.4) is 0 Å². The van der Waals surface area contributed by atoms with Crippen LogP contribution in [0.5, 0.6) is 0 Å². The topological polar surface area (TPSA) is 40.6 Å². The fraction of sp³-hybridized carbons (Fsp3) is 0.300. The van der Waals surface area contributed by atoms with Gasteiger partial charge in [-0.2, -0.15) is 0 Å². The summed E-state index contributed by atoms with van der Waals surface area (Å²) in [5.41, 5.74) is 1.84. The number of carbonyl (C=O) groups is 2. The van der Waals surface area contributed by atoms with E-state index in [0.717, 1.165) is 11.1 Å². The van der Waals surface area contributed by atoms with Gasteiger partial charge in [-0.3, -0.25) is 9.59 Å². The average Bonchev–Trinajstić information content (AvgIpc) is 3.27. The molecule has 2 fully saturated rings. The molecule has 0 bridgehead atoms. The number of thioether (sulfide) groups is 2. The van der Waals surface area contributed by atoms with Gasteiger partial charge in [0.15, 0.2) is 0 Å². The summed E-state index contributed by atoms with van der Waals surface area (Å²) in [5.74, 6) is 0.871. The van der Waals surface area contributed by atoms with E-state index in [2.05, 4.69) is 0 Å². The molecule has 0 unspecified atom stereocenters. The van der Waals surface area contributed by atoms with Crippen LogP contribution in [0.2, 0.25) is 20.1 Å². The van der Waals surface area contributed by atoms with Crippen molar-refractivity contribution in [3.05, 3.63) is 67.6 Å². The predicted molar refractivity (Wildman–Crippen MR) is 127 cm³/mol. The van der Waals surface area contributed by atoms with Crippen molar-refractivity contribution >= 4 is 81.7 Å². The molecule has 4 rings (SSSR count). The highest BCUT2D eigenvalue weighted by Crippen LogP contribution is 2.42. The van der Waals surface area contributed by atoms with E-state index in [1.807, 2.05) is 12.1 Å². The monoisotopic (exact) mass is 520 g/mol. The number of nitrogens with zero attached hydrogens (tertiary/aromatic N) is 2. The summed E-state index contributed by atoms with van der Waals surface area (Å²) < 4.78 is 0. The first-order valence-electron chi connectivity index (χ1n) is 9.07. The Labute approximate surface area is 203 Å². The van der Waals surface area contributed by atoms with Crippen molar-refractivity contribution in [1.82, 2.24) is 9.80 Å². The summed E-state index contributed by atoms with van der Waals surface area (Å²) >= 11 is 27.5. The molecule has 0 saturated carbocycles. The van der Waals surface area contributed by atoms with Crippen LogP contribution in [0, 0.1) is 0 Å². The van der Waals surface area contributed by atoms with Crippen molar-refractivity contribution in [3.8, 4) is 0 Å². The molecule has 2 aliphatic rings. The van der Waals surface area contributed by atoms with E-state index in [0.29, 0.717) is 44.7 Å². The third kappa shape index (κ3) is 4.54. The standard InChI is InChI=1S/C20H16Cl4N2O2S2/c21-13-3-1-11(7-15(13)23)19-25(17(27)9-29-19)5-6-26-18(28)10-30-20(26)12-2-4-14(22)16(24)8-12/h1-4,7-8,19-20H,5-6,9-10H2/t19-,20-/m0/s1. The van der Waals surface area contributed by atoms with Crippen molar-refractivity contribution < 1.29 is 9.59 Å². The van der Waals surface area contributed by atoms with Crippen molar-refractivity contribution in [3.63, 3.8) is 0 Å². The Balaban J connectivity index is 1.50. The molecule has 2 aromatic carbocycles. The molecule has 30 heavy (non-hydrogen) atoms. The first-order chi connectivity index (χ1) is 14.3. The molecule has 0 spiro atoms. The first-order valence-corrected chi connectivity index (χ1v) is 12.7. The van der Waals surface area contributed by atoms with Gasteiger partial charge in [0.05, 0.1) is 31.6 Å². The summed E-state index contributed by atoms with van der Waals surface area (Å²) in [6.07, 6.45) is 0. The maximum Gasteiger partial charge on any atom is 0.233 e. The number of hydrogen-bond donors (Lipinski definition) is 0. The zero-order valence-electron chi connectivity index (χ0n) is 15.5. The lowest BCUT2D eigenvalue weighted by atomic mass is 10.2. The molecule has 2 saturated heterocycles. The molecule has 0 radical (unpaired) electrons. The molecule has 2 heterocycles. The third-order valence-electron chi connectivity index (χ3n) is 4.98. The van der Waals surface area contributed by atoms with Crippen molar-refractivity contribution in [1.29, 1.82) is 0 Å². The zero-order chi connectivity index (χ0) is 21.4. The molecule has 4 nitrogen and oxygen atoms in total. The second-order valence-electron chi connectivity index (χ2n) is 6.85. The fourth-order valence-corrected chi connectivity index (χ4v) is 6.52. The lowest BCUT2D eigenvalue weighted by Gasteiger charge is -2.29. The van der Waals surface area contributed by atoms with Gasteiger partial charge in [0, 0.05) is 13.1 Å². The van der Waals surface area contributed by atoms with Crippen LogP contribution in [0.15, 0.2) is 36.4 Å². The molecule has 158 valence electrons. The summed E-state index contributed by atoms with van der Waals surface area (Å²) in [6.45, 7) is 0.863. The van der Waals surface area contributed by atoms with E-state index in [-0.39, 0.29) is 22.6 Å². The molecule has 2 atom stereocenters. The van der Waals surface area contributed by atoms with Crippen LogP contribution < -0.4 is 0 Å². The minimum absolute atomic E-state index is 0.0430. The van der Waals surface area contributed by atoms with Crippen LogP contribution in [-0.4, -0.2) is 46.2 Å². The Kier molecular flexibility index (Phi) is 7.02. The maximum absolute atomic E-state index is 12.5. The molecule has 0 N–H and O–H groups in total.